The average molecular weight is 226 g/mol. The van der Waals surface area contributed by atoms with Crippen molar-refractivity contribution in [3.05, 3.63) is 65.2 Å². The number of hydrogen-bond donors (Lipinski definition) is 0. The van der Waals surface area contributed by atoms with Gasteiger partial charge in [0, 0.05) is 0 Å². The summed E-state index contributed by atoms with van der Waals surface area (Å²) in [5.41, 5.74) is 4.07. The van der Waals surface area contributed by atoms with Gasteiger partial charge in [0.2, 0.25) is 0 Å². The van der Waals surface area contributed by atoms with Crippen molar-refractivity contribution in [3.63, 3.8) is 0 Å². The van der Waals surface area contributed by atoms with Crippen LogP contribution in [-0.2, 0) is 12.8 Å². The van der Waals surface area contributed by atoms with Crippen molar-refractivity contribution in [3.8, 4) is 5.75 Å². The van der Waals surface area contributed by atoms with Crippen molar-refractivity contribution in [2.45, 2.75) is 19.8 Å². The van der Waals surface area contributed by atoms with E-state index in [0.717, 1.165) is 18.6 Å². The summed E-state index contributed by atoms with van der Waals surface area (Å²) in [6.07, 6.45) is 2.17. The Bertz CT molecular complexity index is 454. The molecule has 88 valence electrons. The maximum Gasteiger partial charge on any atom is 0.118 e. The molecule has 1 heteroatoms. The molecule has 1 nitrogen and oxygen atoms in total. The maximum atomic E-state index is 5.15. The number of ether oxygens (including phenoxy) is 1. The van der Waals surface area contributed by atoms with Gasteiger partial charge in [-0.05, 0) is 43.0 Å². The van der Waals surface area contributed by atoms with Crippen molar-refractivity contribution in [2.24, 2.45) is 0 Å². The summed E-state index contributed by atoms with van der Waals surface area (Å²) in [5, 5.41) is 0. The Morgan fingerprint density at radius 2 is 1.24 bits per heavy atom. The van der Waals surface area contributed by atoms with Gasteiger partial charge in [-0.1, -0.05) is 42.0 Å². The summed E-state index contributed by atoms with van der Waals surface area (Å²) in [6, 6.07) is 17.1. The van der Waals surface area contributed by atoms with Gasteiger partial charge in [-0.15, -0.1) is 0 Å². The summed E-state index contributed by atoms with van der Waals surface area (Å²) < 4.78 is 5.15. The highest BCUT2D eigenvalue weighted by Gasteiger charge is 1.97. The molecule has 0 heterocycles. The molecule has 2 rings (SSSR count). The van der Waals surface area contributed by atoms with E-state index in [1.165, 1.54) is 16.7 Å². The minimum atomic E-state index is 0.920. The van der Waals surface area contributed by atoms with Crippen LogP contribution in [0.5, 0.6) is 5.75 Å². The van der Waals surface area contributed by atoms with E-state index in [1.807, 2.05) is 12.1 Å². The molecule has 0 aromatic heterocycles. The Morgan fingerprint density at radius 3 is 1.71 bits per heavy atom. The summed E-state index contributed by atoms with van der Waals surface area (Å²) in [6.45, 7) is 2.12. The lowest BCUT2D eigenvalue weighted by molar-refractivity contribution is 0.414. The van der Waals surface area contributed by atoms with Gasteiger partial charge in [0.05, 0.1) is 7.11 Å². The van der Waals surface area contributed by atoms with Crippen LogP contribution < -0.4 is 4.74 Å². The summed E-state index contributed by atoms with van der Waals surface area (Å²) in [7, 11) is 1.70. The molecule has 0 saturated heterocycles. The third-order valence-electron chi connectivity index (χ3n) is 2.98. The molecule has 0 fully saturated rings. The molecule has 0 amide bonds. The fourth-order valence-electron chi connectivity index (χ4n) is 1.84. The van der Waals surface area contributed by atoms with Crippen LogP contribution >= 0.6 is 0 Å². The first-order valence-corrected chi connectivity index (χ1v) is 5.96. The largest absolute Gasteiger partial charge is 0.497 e. The van der Waals surface area contributed by atoms with Crippen LogP contribution in [0.2, 0.25) is 0 Å². The zero-order valence-corrected chi connectivity index (χ0v) is 10.4. The Balaban J connectivity index is 1.95. The van der Waals surface area contributed by atoms with Crippen molar-refractivity contribution in [2.75, 3.05) is 7.11 Å². The number of benzene rings is 2. The topological polar surface area (TPSA) is 9.23 Å². The van der Waals surface area contributed by atoms with Crippen molar-refractivity contribution >= 4 is 0 Å². The molecule has 0 saturated carbocycles. The van der Waals surface area contributed by atoms with Crippen LogP contribution in [0.1, 0.15) is 16.7 Å². The average Bonchev–Trinajstić information content (AvgIpc) is 2.39. The molecule has 0 unspecified atom stereocenters. The van der Waals surface area contributed by atoms with Crippen LogP contribution in [0.4, 0.5) is 0 Å². The van der Waals surface area contributed by atoms with Crippen LogP contribution in [-0.4, -0.2) is 7.11 Å². The third-order valence-corrected chi connectivity index (χ3v) is 2.98. The van der Waals surface area contributed by atoms with E-state index in [4.69, 9.17) is 4.74 Å². The molecule has 17 heavy (non-hydrogen) atoms. The second kappa shape index (κ2) is 5.53. The molecule has 0 bridgehead atoms. The predicted octanol–water partition coefficient (Wildman–Crippen LogP) is 3.79. The van der Waals surface area contributed by atoms with Gasteiger partial charge >= 0.3 is 0 Å². The highest BCUT2D eigenvalue weighted by Crippen LogP contribution is 2.13. The minimum Gasteiger partial charge on any atom is -0.497 e. The fraction of sp³-hybridized carbons (Fsp3) is 0.250. The molecular formula is C16H18O. The van der Waals surface area contributed by atoms with Crippen LogP contribution in [0.25, 0.3) is 0 Å². The van der Waals surface area contributed by atoms with Crippen LogP contribution in [0.3, 0.4) is 0 Å². The lowest BCUT2D eigenvalue weighted by Gasteiger charge is -2.04. The number of aryl methyl sites for hydroxylation is 3. The molecule has 2 aromatic rings. The smallest absolute Gasteiger partial charge is 0.118 e. The Hall–Kier alpha value is -1.76. The van der Waals surface area contributed by atoms with Gasteiger partial charge in [0.1, 0.15) is 5.75 Å². The van der Waals surface area contributed by atoms with Gasteiger partial charge in [-0.3, -0.25) is 0 Å². The quantitative estimate of drug-likeness (QED) is 0.770. The normalized spacial score (nSPS) is 10.2. The lowest BCUT2D eigenvalue weighted by Crippen LogP contribution is -1.91. The molecule has 0 aliphatic carbocycles. The summed E-state index contributed by atoms with van der Waals surface area (Å²) >= 11 is 0. The Labute approximate surface area is 103 Å². The second-order valence-electron chi connectivity index (χ2n) is 4.33. The van der Waals surface area contributed by atoms with Crippen LogP contribution in [0, 0.1) is 6.92 Å². The summed E-state index contributed by atoms with van der Waals surface area (Å²) in [4.78, 5) is 0. The molecule has 0 atom stereocenters. The molecular weight excluding hydrogens is 208 g/mol. The van der Waals surface area contributed by atoms with Gasteiger partial charge < -0.3 is 4.74 Å². The van der Waals surface area contributed by atoms with Gasteiger partial charge in [-0.25, -0.2) is 0 Å². The molecule has 2 aromatic carbocycles. The zero-order chi connectivity index (χ0) is 12.1. The molecule has 0 aliphatic rings. The van der Waals surface area contributed by atoms with E-state index in [2.05, 4.69) is 43.3 Å². The fourth-order valence-corrected chi connectivity index (χ4v) is 1.84. The van der Waals surface area contributed by atoms with Crippen LogP contribution in [0.15, 0.2) is 48.5 Å². The first-order valence-electron chi connectivity index (χ1n) is 5.96. The first kappa shape index (κ1) is 11.7. The van der Waals surface area contributed by atoms with E-state index >= 15 is 0 Å². The predicted molar refractivity (Wildman–Crippen MR) is 71.6 cm³/mol. The summed E-state index contributed by atoms with van der Waals surface area (Å²) in [5.74, 6) is 0.920. The lowest BCUT2D eigenvalue weighted by atomic mass is 10.0. The second-order valence-corrected chi connectivity index (χ2v) is 4.33. The standard InChI is InChI=1S/C16H18O/c1-13-3-5-14(6-4-13)7-8-15-9-11-16(17-2)12-10-15/h3-6,9-12H,7-8H2,1-2H3. The number of hydrogen-bond acceptors (Lipinski definition) is 1. The minimum absolute atomic E-state index is 0.920. The van der Waals surface area contributed by atoms with E-state index in [9.17, 15) is 0 Å². The number of rotatable bonds is 4. The van der Waals surface area contributed by atoms with Crippen molar-refractivity contribution in [1.82, 2.24) is 0 Å². The van der Waals surface area contributed by atoms with E-state index < -0.39 is 0 Å². The van der Waals surface area contributed by atoms with E-state index in [1.54, 1.807) is 7.11 Å². The molecule has 0 N–H and O–H groups in total. The number of methoxy groups -OCH3 is 1. The van der Waals surface area contributed by atoms with Crippen molar-refractivity contribution < 1.29 is 4.74 Å². The SMILES string of the molecule is COc1ccc(CCc2ccc(C)cc2)cc1. The van der Waals surface area contributed by atoms with Gasteiger partial charge in [0.25, 0.3) is 0 Å². The highest BCUT2D eigenvalue weighted by molar-refractivity contribution is 5.28. The van der Waals surface area contributed by atoms with E-state index in [-0.39, 0.29) is 0 Å². The maximum absolute atomic E-state index is 5.15. The van der Waals surface area contributed by atoms with Gasteiger partial charge in [-0.2, -0.15) is 0 Å². The molecule has 0 spiro atoms. The zero-order valence-electron chi connectivity index (χ0n) is 10.4. The Morgan fingerprint density at radius 1 is 0.765 bits per heavy atom. The molecule has 0 aliphatic heterocycles. The van der Waals surface area contributed by atoms with Gasteiger partial charge in [0.15, 0.2) is 0 Å². The Kier molecular flexibility index (Phi) is 3.81. The third kappa shape index (κ3) is 3.35. The molecule has 0 radical (unpaired) electrons. The van der Waals surface area contributed by atoms with Crippen molar-refractivity contribution in [1.29, 1.82) is 0 Å². The highest BCUT2D eigenvalue weighted by atomic mass is 16.5. The van der Waals surface area contributed by atoms with E-state index in [0.29, 0.717) is 0 Å². The monoisotopic (exact) mass is 226 g/mol. The first-order chi connectivity index (χ1) is 8.28.